The van der Waals surface area contributed by atoms with E-state index in [-0.39, 0.29) is 18.5 Å². The Morgan fingerprint density at radius 1 is 1.26 bits per heavy atom. The van der Waals surface area contributed by atoms with E-state index in [0.717, 1.165) is 5.56 Å². The van der Waals surface area contributed by atoms with Gasteiger partial charge < -0.3 is 10.1 Å². The monoisotopic (exact) mass is 424 g/mol. The highest BCUT2D eigenvalue weighted by Gasteiger charge is 2.42. The molecule has 0 radical (unpaired) electrons. The lowest BCUT2D eigenvalue weighted by molar-refractivity contribution is -0.147. The summed E-state index contributed by atoms with van der Waals surface area (Å²) in [5, 5.41) is 7.36. The highest BCUT2D eigenvalue weighted by atomic mass is 35.5. The summed E-state index contributed by atoms with van der Waals surface area (Å²) in [6.07, 6.45) is 0. The molecule has 1 aliphatic rings. The number of nitrogens with zero attached hydrogens (tertiary/aromatic N) is 1. The largest absolute Gasteiger partial charge is 0.477 e. The van der Waals surface area contributed by atoms with Crippen LogP contribution < -0.4 is 5.32 Å². The predicted octanol–water partition coefficient (Wildman–Crippen LogP) is 5.02. The van der Waals surface area contributed by atoms with E-state index in [1.165, 1.54) is 16.2 Å². The van der Waals surface area contributed by atoms with Crippen molar-refractivity contribution < 1.29 is 14.3 Å². The van der Waals surface area contributed by atoms with E-state index in [9.17, 15) is 9.59 Å². The highest BCUT2D eigenvalue weighted by molar-refractivity contribution is 7.08. The molecule has 1 N–H and O–H groups in total. The van der Waals surface area contributed by atoms with Crippen molar-refractivity contribution in [1.29, 1.82) is 0 Å². The Morgan fingerprint density at radius 2 is 1.93 bits per heavy atom. The number of anilines is 1. The summed E-state index contributed by atoms with van der Waals surface area (Å²) >= 11 is 13.5. The van der Waals surface area contributed by atoms with Crippen LogP contribution in [0.25, 0.3) is 5.57 Å². The first-order valence-corrected chi connectivity index (χ1v) is 9.86. The van der Waals surface area contributed by atoms with Gasteiger partial charge in [0.2, 0.25) is 5.91 Å². The van der Waals surface area contributed by atoms with Crippen molar-refractivity contribution in [1.82, 2.24) is 4.90 Å². The van der Waals surface area contributed by atoms with Crippen molar-refractivity contribution in [2.45, 2.75) is 26.3 Å². The number of carbonyl (C=O) groups is 2. The normalized spacial score (nSPS) is 15.0. The number of ether oxygens (including phenoxy) is 1. The van der Waals surface area contributed by atoms with Crippen LogP contribution in [0.1, 0.15) is 26.3 Å². The smallest absolute Gasteiger partial charge is 0.261 e. The Hall–Kier alpha value is -2.02. The number of amides is 2. The number of carbonyl (C=O) groups excluding carboxylic acids is 2. The summed E-state index contributed by atoms with van der Waals surface area (Å²) in [6.45, 7) is 5.08. The first-order chi connectivity index (χ1) is 12.7. The molecule has 3 rings (SSSR count). The maximum Gasteiger partial charge on any atom is 0.261 e. The Balaban J connectivity index is 1.85. The molecule has 1 aromatic carbocycles. The number of thiophene rings is 1. The second-order valence-corrected chi connectivity index (χ2v) is 8.27. The molecule has 1 aliphatic heterocycles. The minimum atomic E-state index is -1.16. The minimum absolute atomic E-state index is 0.00493. The summed E-state index contributed by atoms with van der Waals surface area (Å²) in [5.41, 5.74) is 0.549. The first-order valence-electron chi connectivity index (χ1n) is 8.16. The van der Waals surface area contributed by atoms with Gasteiger partial charge in [0.05, 0.1) is 5.57 Å². The third-order valence-electron chi connectivity index (χ3n) is 4.38. The number of benzene rings is 1. The second kappa shape index (κ2) is 7.54. The van der Waals surface area contributed by atoms with Crippen LogP contribution in [0.15, 0.2) is 40.8 Å². The summed E-state index contributed by atoms with van der Waals surface area (Å²) in [4.78, 5) is 27.4. The van der Waals surface area contributed by atoms with E-state index in [1.54, 1.807) is 39.0 Å². The average molecular weight is 425 g/mol. The van der Waals surface area contributed by atoms with Gasteiger partial charge in [-0.2, -0.15) is 11.3 Å². The average Bonchev–Trinajstić information content (AvgIpc) is 3.07. The SMILES string of the molecule is CC1=C(c2ccsc2)C(=O)N(C(C)(C)C(=O)Nc2cc(Cl)cc(Cl)c2)CO1. The molecule has 2 aromatic rings. The van der Waals surface area contributed by atoms with E-state index in [4.69, 9.17) is 27.9 Å². The van der Waals surface area contributed by atoms with Gasteiger partial charge in [0.25, 0.3) is 5.91 Å². The molecule has 0 aliphatic carbocycles. The molecule has 0 atom stereocenters. The molecular weight excluding hydrogens is 407 g/mol. The number of rotatable bonds is 4. The Bertz CT molecular complexity index is 903. The predicted molar refractivity (Wildman–Crippen MR) is 109 cm³/mol. The zero-order valence-corrected chi connectivity index (χ0v) is 17.3. The van der Waals surface area contributed by atoms with Crippen LogP contribution in [0.2, 0.25) is 10.0 Å². The van der Waals surface area contributed by atoms with Gasteiger partial charge in [-0.05, 0) is 55.8 Å². The van der Waals surface area contributed by atoms with Gasteiger partial charge in [-0.25, -0.2) is 0 Å². The molecule has 142 valence electrons. The quantitative estimate of drug-likeness (QED) is 0.749. The van der Waals surface area contributed by atoms with Crippen LogP contribution in [-0.2, 0) is 14.3 Å². The lowest BCUT2D eigenvalue weighted by atomic mass is 9.97. The summed E-state index contributed by atoms with van der Waals surface area (Å²) in [5.74, 6) is -0.0732. The van der Waals surface area contributed by atoms with Gasteiger partial charge in [0.1, 0.15) is 11.3 Å². The molecular formula is C19H18Cl2N2O3S. The summed E-state index contributed by atoms with van der Waals surface area (Å²) in [7, 11) is 0. The number of halogens is 2. The molecule has 0 fully saturated rings. The number of allylic oxidation sites excluding steroid dienone is 1. The number of hydrogen-bond donors (Lipinski definition) is 1. The molecule has 0 bridgehead atoms. The topological polar surface area (TPSA) is 58.6 Å². The molecule has 1 aromatic heterocycles. The second-order valence-electron chi connectivity index (χ2n) is 6.62. The van der Waals surface area contributed by atoms with Gasteiger partial charge >= 0.3 is 0 Å². The Labute approximate surface area is 171 Å². The zero-order valence-electron chi connectivity index (χ0n) is 15.0. The van der Waals surface area contributed by atoms with Crippen molar-refractivity contribution >= 4 is 57.6 Å². The van der Waals surface area contributed by atoms with Gasteiger partial charge in [-0.1, -0.05) is 23.2 Å². The Morgan fingerprint density at radius 3 is 2.52 bits per heavy atom. The van der Waals surface area contributed by atoms with Crippen LogP contribution in [0.3, 0.4) is 0 Å². The van der Waals surface area contributed by atoms with E-state index >= 15 is 0 Å². The van der Waals surface area contributed by atoms with Crippen LogP contribution >= 0.6 is 34.5 Å². The number of nitrogens with one attached hydrogen (secondary N) is 1. The van der Waals surface area contributed by atoms with Crippen molar-refractivity contribution in [2.75, 3.05) is 12.0 Å². The van der Waals surface area contributed by atoms with Crippen molar-refractivity contribution in [3.63, 3.8) is 0 Å². The maximum atomic E-state index is 13.1. The summed E-state index contributed by atoms with van der Waals surface area (Å²) < 4.78 is 5.69. The van der Waals surface area contributed by atoms with Gasteiger partial charge in [-0.3, -0.25) is 14.5 Å². The van der Waals surface area contributed by atoms with Gasteiger partial charge in [-0.15, -0.1) is 0 Å². The fourth-order valence-electron chi connectivity index (χ4n) is 2.76. The third-order valence-corrected chi connectivity index (χ3v) is 5.50. The van der Waals surface area contributed by atoms with Crippen molar-refractivity contribution in [3.05, 3.63) is 56.4 Å². The zero-order chi connectivity index (χ0) is 19.8. The van der Waals surface area contributed by atoms with E-state index < -0.39 is 5.54 Å². The molecule has 0 spiro atoms. The first kappa shape index (κ1) is 19.7. The van der Waals surface area contributed by atoms with Crippen LogP contribution in [0.5, 0.6) is 0 Å². The molecule has 0 saturated carbocycles. The van der Waals surface area contributed by atoms with E-state index in [1.807, 2.05) is 16.8 Å². The molecule has 0 saturated heterocycles. The van der Waals surface area contributed by atoms with Gasteiger partial charge in [0, 0.05) is 21.3 Å². The maximum absolute atomic E-state index is 13.1. The third kappa shape index (κ3) is 3.98. The molecule has 2 amide bonds. The van der Waals surface area contributed by atoms with E-state index in [0.29, 0.717) is 27.1 Å². The molecule has 27 heavy (non-hydrogen) atoms. The fraction of sp³-hybridized carbons (Fsp3) is 0.263. The molecule has 8 heteroatoms. The van der Waals surface area contributed by atoms with Crippen molar-refractivity contribution in [2.24, 2.45) is 0 Å². The molecule has 0 unspecified atom stereocenters. The molecule has 2 heterocycles. The standard InChI is InChI=1S/C19H18Cl2N2O3S/c1-11-16(12-4-5-27-9-12)17(24)23(10-26-11)19(2,3)18(25)22-15-7-13(20)6-14(21)8-15/h4-9H,10H2,1-3H3,(H,22,25). The fourth-order valence-corrected chi connectivity index (χ4v) is 3.93. The molecule has 5 nitrogen and oxygen atoms in total. The lowest BCUT2D eigenvalue weighted by Gasteiger charge is -2.40. The number of hydrogen-bond acceptors (Lipinski definition) is 4. The van der Waals surface area contributed by atoms with Crippen LogP contribution in [-0.4, -0.2) is 29.0 Å². The van der Waals surface area contributed by atoms with E-state index in [2.05, 4.69) is 5.32 Å². The van der Waals surface area contributed by atoms with Crippen molar-refractivity contribution in [3.8, 4) is 0 Å². The van der Waals surface area contributed by atoms with Crippen LogP contribution in [0.4, 0.5) is 5.69 Å². The lowest BCUT2D eigenvalue weighted by Crippen LogP contribution is -2.57. The Kier molecular flexibility index (Phi) is 5.51. The summed E-state index contributed by atoms with van der Waals surface area (Å²) in [6, 6.07) is 6.62. The van der Waals surface area contributed by atoms with Crippen LogP contribution in [0, 0.1) is 0 Å². The minimum Gasteiger partial charge on any atom is -0.477 e. The van der Waals surface area contributed by atoms with Gasteiger partial charge in [0.15, 0.2) is 6.73 Å². The highest BCUT2D eigenvalue weighted by Crippen LogP contribution is 2.32.